The number of aliphatic imine (C=N–C) groups is 1. The van der Waals surface area contributed by atoms with Crippen LogP contribution in [0.4, 0.5) is 5.69 Å². The predicted octanol–water partition coefficient (Wildman–Crippen LogP) is 5.53. The molecule has 2 N–H and O–H groups in total. The second-order valence-electron chi connectivity index (χ2n) is 4.97. The third kappa shape index (κ3) is 4.57. The molecule has 20 heavy (non-hydrogen) atoms. The van der Waals surface area contributed by atoms with Crippen LogP contribution in [0, 0.1) is 0 Å². The monoisotopic (exact) mass is 331 g/mol. The van der Waals surface area contributed by atoms with Crippen molar-refractivity contribution in [2.24, 2.45) is 4.99 Å². The molecule has 0 bridgehead atoms. The second kappa shape index (κ2) is 8.15. The van der Waals surface area contributed by atoms with Crippen LogP contribution >= 0.6 is 34.9 Å². The van der Waals surface area contributed by atoms with E-state index in [2.05, 4.69) is 23.9 Å². The van der Waals surface area contributed by atoms with Crippen molar-refractivity contribution in [3.63, 3.8) is 0 Å². The molecule has 2 heterocycles. The first kappa shape index (κ1) is 16.0. The Morgan fingerprint density at radius 2 is 2.15 bits per heavy atom. The average Bonchev–Trinajstić information content (AvgIpc) is 2.81. The fraction of sp³-hybridized carbons (Fsp3) is 0.643. The van der Waals surface area contributed by atoms with Crippen LogP contribution in [-0.2, 0) is 0 Å². The number of halogens is 1. The molecule has 1 unspecified atom stereocenters. The molecule has 1 atom stereocenters. The number of rotatable bonds is 7. The van der Waals surface area contributed by atoms with Crippen LogP contribution in [-0.4, -0.2) is 12.0 Å². The molecule has 2 rings (SSSR count). The van der Waals surface area contributed by atoms with Crippen molar-refractivity contribution in [3.05, 3.63) is 10.4 Å². The Labute approximate surface area is 134 Å². The number of guanidine groups is 1. The van der Waals surface area contributed by atoms with Gasteiger partial charge in [0.05, 0.1) is 16.1 Å². The van der Waals surface area contributed by atoms with E-state index in [-0.39, 0.29) is 0 Å². The van der Waals surface area contributed by atoms with E-state index in [9.17, 15) is 0 Å². The van der Waals surface area contributed by atoms with Crippen molar-refractivity contribution in [1.29, 1.82) is 0 Å². The molecule has 1 aromatic heterocycles. The molecule has 0 aliphatic carbocycles. The Morgan fingerprint density at radius 1 is 1.30 bits per heavy atom. The first-order valence-electron chi connectivity index (χ1n) is 7.30. The molecule has 6 heteroatoms. The summed E-state index contributed by atoms with van der Waals surface area (Å²) in [6.45, 7) is 4.45. The summed E-state index contributed by atoms with van der Waals surface area (Å²) in [5.41, 5.74) is 1.07. The smallest absolute Gasteiger partial charge is 0.206 e. The number of unbranched alkanes of at least 4 members (excludes halogenated alkanes) is 3. The molecule has 0 saturated carbocycles. The minimum atomic E-state index is 0.401. The number of hydrogen-bond acceptors (Lipinski definition) is 3. The van der Waals surface area contributed by atoms with Gasteiger partial charge in [0.1, 0.15) is 4.21 Å². The summed E-state index contributed by atoms with van der Waals surface area (Å²) in [6.07, 6.45) is 7.46. The summed E-state index contributed by atoms with van der Waals surface area (Å²) >= 11 is 9.20. The topological polar surface area (TPSA) is 36.4 Å². The second-order valence-corrected chi connectivity index (χ2v) is 7.73. The van der Waals surface area contributed by atoms with Gasteiger partial charge in [0.25, 0.3) is 0 Å². The Morgan fingerprint density at radius 3 is 2.90 bits per heavy atom. The fourth-order valence-corrected chi connectivity index (χ4v) is 4.29. The molecule has 0 aromatic carbocycles. The van der Waals surface area contributed by atoms with Crippen molar-refractivity contribution < 1.29 is 0 Å². The molecule has 0 saturated heterocycles. The van der Waals surface area contributed by atoms with Crippen LogP contribution in [0.25, 0.3) is 0 Å². The van der Waals surface area contributed by atoms with E-state index in [1.165, 1.54) is 36.3 Å². The first-order chi connectivity index (χ1) is 9.72. The number of nitrogens with zero attached hydrogens (tertiary/aromatic N) is 1. The van der Waals surface area contributed by atoms with Gasteiger partial charge in [0.15, 0.2) is 0 Å². The van der Waals surface area contributed by atoms with Crippen LogP contribution < -0.4 is 10.0 Å². The minimum absolute atomic E-state index is 0.401. The zero-order valence-electron chi connectivity index (χ0n) is 12.0. The Kier molecular flexibility index (Phi) is 6.52. The third-order valence-electron chi connectivity index (χ3n) is 3.34. The van der Waals surface area contributed by atoms with Crippen molar-refractivity contribution in [3.8, 4) is 0 Å². The summed E-state index contributed by atoms with van der Waals surface area (Å²) in [5, 5.41) is 3.33. The lowest BCUT2D eigenvalue weighted by atomic mass is 10.1. The van der Waals surface area contributed by atoms with E-state index in [0.717, 1.165) is 22.4 Å². The van der Waals surface area contributed by atoms with Crippen molar-refractivity contribution >= 4 is 46.5 Å². The average molecular weight is 332 g/mol. The van der Waals surface area contributed by atoms with Crippen molar-refractivity contribution in [2.75, 3.05) is 5.32 Å². The normalized spacial score (nSPS) is 17.4. The van der Waals surface area contributed by atoms with Gasteiger partial charge >= 0.3 is 0 Å². The third-order valence-corrected chi connectivity index (χ3v) is 5.59. The highest BCUT2D eigenvalue weighted by atomic mass is 35.5. The fourth-order valence-electron chi connectivity index (χ4n) is 2.16. The van der Waals surface area contributed by atoms with Gasteiger partial charge < -0.3 is 5.32 Å². The van der Waals surface area contributed by atoms with Gasteiger partial charge in [0.2, 0.25) is 5.96 Å². The maximum absolute atomic E-state index is 6.03. The SMILES string of the molecule is CCCCCCC(CC)N=C1NSc2sc(Cl)cc2N1. The predicted molar refractivity (Wildman–Crippen MR) is 92.2 cm³/mol. The summed E-state index contributed by atoms with van der Waals surface area (Å²) in [5.74, 6) is 0.860. The van der Waals surface area contributed by atoms with E-state index in [4.69, 9.17) is 16.6 Å². The van der Waals surface area contributed by atoms with Crippen LogP contribution in [0.1, 0.15) is 52.4 Å². The number of anilines is 1. The van der Waals surface area contributed by atoms with E-state index in [1.807, 2.05) is 6.07 Å². The number of thiophene rings is 1. The summed E-state index contributed by atoms with van der Waals surface area (Å²) in [6, 6.07) is 2.37. The van der Waals surface area contributed by atoms with Gasteiger partial charge in [-0.3, -0.25) is 4.72 Å². The van der Waals surface area contributed by atoms with E-state index in [1.54, 1.807) is 23.3 Å². The lowest BCUT2D eigenvalue weighted by Crippen LogP contribution is -2.30. The largest absolute Gasteiger partial charge is 0.324 e. The first-order valence-corrected chi connectivity index (χ1v) is 9.31. The summed E-state index contributed by atoms with van der Waals surface area (Å²) in [7, 11) is 0. The molecule has 1 aliphatic rings. The van der Waals surface area contributed by atoms with Gasteiger partial charge in [0, 0.05) is 11.9 Å². The van der Waals surface area contributed by atoms with E-state index in [0.29, 0.717) is 6.04 Å². The van der Waals surface area contributed by atoms with Crippen LogP contribution in [0.3, 0.4) is 0 Å². The van der Waals surface area contributed by atoms with Gasteiger partial charge in [-0.15, -0.1) is 11.3 Å². The summed E-state index contributed by atoms with van der Waals surface area (Å²) < 4.78 is 5.24. The number of hydrogen-bond donors (Lipinski definition) is 2. The Balaban J connectivity index is 1.89. The molecule has 0 spiro atoms. The van der Waals surface area contributed by atoms with Crippen LogP contribution in [0.15, 0.2) is 15.3 Å². The highest BCUT2D eigenvalue weighted by Gasteiger charge is 2.18. The Bertz CT molecular complexity index is 459. The zero-order chi connectivity index (χ0) is 14.4. The highest BCUT2D eigenvalue weighted by molar-refractivity contribution is 8.00. The van der Waals surface area contributed by atoms with Crippen molar-refractivity contribution in [2.45, 2.75) is 62.6 Å². The highest BCUT2D eigenvalue weighted by Crippen LogP contribution is 2.39. The quantitative estimate of drug-likeness (QED) is 0.509. The molecule has 0 fully saturated rings. The van der Waals surface area contributed by atoms with Crippen LogP contribution in [0.5, 0.6) is 0 Å². The number of fused-ring (bicyclic) bond motifs is 1. The molecule has 0 radical (unpaired) electrons. The van der Waals surface area contributed by atoms with Crippen molar-refractivity contribution in [1.82, 2.24) is 4.72 Å². The zero-order valence-corrected chi connectivity index (χ0v) is 14.4. The van der Waals surface area contributed by atoms with Gasteiger partial charge in [-0.05, 0) is 18.9 Å². The van der Waals surface area contributed by atoms with Crippen LogP contribution in [0.2, 0.25) is 4.34 Å². The molecule has 3 nitrogen and oxygen atoms in total. The van der Waals surface area contributed by atoms with E-state index < -0.39 is 0 Å². The van der Waals surface area contributed by atoms with Gasteiger partial charge in [-0.25, -0.2) is 4.99 Å². The Hall–Kier alpha value is -0.390. The lowest BCUT2D eigenvalue weighted by molar-refractivity contribution is 0.539. The lowest BCUT2D eigenvalue weighted by Gasteiger charge is -2.19. The number of nitrogens with one attached hydrogen (secondary N) is 2. The maximum Gasteiger partial charge on any atom is 0.206 e. The molecule has 112 valence electrons. The molecule has 1 aliphatic heterocycles. The standard InChI is InChI=1S/C14H22ClN3S2/c1-3-5-6-7-8-10(4-2)16-14-17-11-9-12(15)19-13(11)20-18-14/h9-10H,3-8H2,1-2H3,(H2,16,17,18). The van der Waals surface area contributed by atoms with Gasteiger partial charge in [-0.2, -0.15) is 0 Å². The van der Waals surface area contributed by atoms with Gasteiger partial charge in [-0.1, -0.05) is 51.1 Å². The summed E-state index contributed by atoms with van der Waals surface area (Å²) in [4.78, 5) is 4.79. The molecule has 1 aromatic rings. The minimum Gasteiger partial charge on any atom is -0.324 e. The molecule has 0 amide bonds. The molecular formula is C14H22ClN3S2. The maximum atomic E-state index is 6.03. The van der Waals surface area contributed by atoms with E-state index >= 15 is 0 Å². The molecular weight excluding hydrogens is 310 g/mol.